The molecule has 1 aliphatic heterocycles. The van der Waals surface area contributed by atoms with Gasteiger partial charge in [-0.2, -0.15) is 0 Å². The van der Waals surface area contributed by atoms with Crippen LogP contribution < -0.4 is 14.3 Å². The summed E-state index contributed by atoms with van der Waals surface area (Å²) >= 11 is 1.60. The normalized spacial score (nSPS) is 17.1. The number of rotatable bonds is 6. The molecule has 1 saturated heterocycles. The van der Waals surface area contributed by atoms with Crippen LogP contribution in [0.2, 0.25) is 0 Å². The second kappa shape index (κ2) is 8.58. The van der Waals surface area contributed by atoms with Crippen molar-refractivity contribution in [2.45, 2.75) is 25.5 Å². The van der Waals surface area contributed by atoms with E-state index in [1.54, 1.807) is 38.0 Å². The lowest BCUT2D eigenvalue weighted by molar-refractivity contribution is 0.0968. The molecular formula is C21H23N3O3S. The van der Waals surface area contributed by atoms with E-state index in [1.165, 1.54) is 0 Å². The van der Waals surface area contributed by atoms with Crippen LogP contribution in [-0.4, -0.2) is 36.5 Å². The fraction of sp³-hybridized carbons (Fsp3) is 0.333. The maximum atomic E-state index is 5.89. The minimum absolute atomic E-state index is 0.199. The molecule has 2 aromatic heterocycles. The summed E-state index contributed by atoms with van der Waals surface area (Å²) in [6, 6.07) is 9.73. The number of benzene rings is 1. The molecule has 1 atom stereocenters. The molecule has 146 valence electrons. The molecule has 1 unspecified atom stereocenters. The molecule has 4 rings (SSSR count). The van der Waals surface area contributed by atoms with Gasteiger partial charge in [0.25, 0.3) is 0 Å². The molecule has 1 fully saturated rings. The van der Waals surface area contributed by atoms with Gasteiger partial charge >= 0.3 is 0 Å². The van der Waals surface area contributed by atoms with E-state index in [0.29, 0.717) is 0 Å². The second-order valence-electron chi connectivity index (χ2n) is 6.54. The van der Waals surface area contributed by atoms with Crippen molar-refractivity contribution < 1.29 is 14.2 Å². The van der Waals surface area contributed by atoms with Gasteiger partial charge in [-0.1, -0.05) is 0 Å². The Morgan fingerprint density at radius 2 is 2.21 bits per heavy atom. The highest BCUT2D eigenvalue weighted by Gasteiger charge is 2.20. The topological polar surface area (TPSA) is 57.9 Å². The lowest BCUT2D eigenvalue weighted by Crippen LogP contribution is -2.24. The number of nitrogens with zero attached hydrogens (tertiary/aromatic N) is 3. The number of ether oxygens (including phenoxy) is 3. The first-order valence-corrected chi connectivity index (χ1v) is 10.1. The van der Waals surface area contributed by atoms with Gasteiger partial charge in [0.05, 0.1) is 44.4 Å². The van der Waals surface area contributed by atoms with Crippen LogP contribution in [0.25, 0.3) is 11.3 Å². The van der Waals surface area contributed by atoms with Gasteiger partial charge in [0.1, 0.15) is 11.5 Å². The van der Waals surface area contributed by atoms with E-state index in [-0.39, 0.29) is 6.10 Å². The summed E-state index contributed by atoms with van der Waals surface area (Å²) in [5.74, 6) is 1.54. The number of hydrogen-bond donors (Lipinski definition) is 0. The average Bonchev–Trinajstić information content (AvgIpc) is 3.39. The van der Waals surface area contributed by atoms with E-state index in [4.69, 9.17) is 19.2 Å². The van der Waals surface area contributed by atoms with Gasteiger partial charge in [-0.25, -0.2) is 4.99 Å². The monoisotopic (exact) mass is 397 g/mol. The molecule has 0 radical (unpaired) electrons. The third-order valence-electron chi connectivity index (χ3n) is 4.76. The van der Waals surface area contributed by atoms with Gasteiger partial charge in [-0.05, 0) is 37.1 Å². The Kier molecular flexibility index (Phi) is 5.73. The fourth-order valence-electron chi connectivity index (χ4n) is 3.34. The number of thiazole rings is 1. The molecule has 0 saturated carbocycles. The van der Waals surface area contributed by atoms with Crippen LogP contribution in [0.4, 0.5) is 5.69 Å². The van der Waals surface area contributed by atoms with Crippen LogP contribution in [0.15, 0.2) is 53.1 Å². The summed E-state index contributed by atoms with van der Waals surface area (Å²) in [6.45, 7) is 1.58. The standard InChI is InChI=1S/C21H23N3O3S/c1-25-16-7-8-18(20(11-16)26-2)19-14-28-21(23-15-5-3-9-22-12-15)24(19)13-17-6-4-10-27-17/h3,5,7-9,11-12,14,17H,4,6,10,13H2,1-2H3. The number of methoxy groups -OCH3 is 2. The molecule has 6 nitrogen and oxygen atoms in total. The minimum atomic E-state index is 0.199. The first-order valence-electron chi connectivity index (χ1n) is 9.25. The third kappa shape index (κ3) is 3.95. The average molecular weight is 398 g/mol. The summed E-state index contributed by atoms with van der Waals surface area (Å²) in [7, 11) is 3.33. The van der Waals surface area contributed by atoms with Crippen molar-refractivity contribution in [3.05, 3.63) is 52.9 Å². The molecular weight excluding hydrogens is 374 g/mol. The number of hydrogen-bond acceptors (Lipinski definition) is 6. The molecule has 7 heteroatoms. The van der Waals surface area contributed by atoms with Gasteiger partial charge in [0.15, 0.2) is 4.80 Å². The van der Waals surface area contributed by atoms with E-state index >= 15 is 0 Å². The summed E-state index contributed by atoms with van der Waals surface area (Å²) in [4.78, 5) is 9.90. The predicted octanol–water partition coefficient (Wildman–Crippen LogP) is 4.04. The van der Waals surface area contributed by atoms with E-state index < -0.39 is 0 Å². The molecule has 0 aliphatic carbocycles. The zero-order valence-corrected chi connectivity index (χ0v) is 16.8. The van der Waals surface area contributed by atoms with Crippen LogP contribution in [0.3, 0.4) is 0 Å². The maximum Gasteiger partial charge on any atom is 0.190 e. The number of aromatic nitrogens is 2. The quantitative estimate of drug-likeness (QED) is 0.630. The molecule has 1 aliphatic rings. The number of pyridine rings is 1. The molecule has 3 heterocycles. The van der Waals surface area contributed by atoms with E-state index in [0.717, 1.165) is 59.2 Å². The smallest absolute Gasteiger partial charge is 0.190 e. The van der Waals surface area contributed by atoms with Crippen molar-refractivity contribution in [3.8, 4) is 22.8 Å². The lowest BCUT2D eigenvalue weighted by atomic mass is 10.1. The zero-order chi connectivity index (χ0) is 19.3. The molecule has 0 amide bonds. The van der Waals surface area contributed by atoms with Crippen LogP contribution in [0.1, 0.15) is 12.8 Å². The van der Waals surface area contributed by atoms with Crippen molar-refractivity contribution in [2.75, 3.05) is 20.8 Å². The van der Waals surface area contributed by atoms with E-state index in [1.807, 2.05) is 30.3 Å². The van der Waals surface area contributed by atoms with E-state index in [2.05, 4.69) is 14.9 Å². The SMILES string of the molecule is COc1ccc(-c2csc(=Nc3cccnc3)n2CC2CCCO2)c(OC)c1. The molecule has 3 aromatic rings. The fourth-order valence-corrected chi connectivity index (χ4v) is 4.27. The largest absolute Gasteiger partial charge is 0.497 e. The van der Waals surface area contributed by atoms with Gasteiger partial charge in [-0.3, -0.25) is 4.98 Å². The summed E-state index contributed by atoms with van der Waals surface area (Å²) in [5.41, 5.74) is 2.89. The zero-order valence-electron chi connectivity index (χ0n) is 16.0. The van der Waals surface area contributed by atoms with Crippen LogP contribution in [0, 0.1) is 0 Å². The molecule has 0 bridgehead atoms. The van der Waals surface area contributed by atoms with Crippen molar-refractivity contribution in [1.29, 1.82) is 0 Å². The van der Waals surface area contributed by atoms with E-state index in [9.17, 15) is 0 Å². The highest BCUT2D eigenvalue weighted by atomic mass is 32.1. The van der Waals surface area contributed by atoms with Crippen molar-refractivity contribution in [2.24, 2.45) is 4.99 Å². The summed E-state index contributed by atoms with van der Waals surface area (Å²) < 4.78 is 19.1. The second-order valence-corrected chi connectivity index (χ2v) is 7.37. The molecule has 28 heavy (non-hydrogen) atoms. The Labute approximate surface area is 168 Å². The van der Waals surface area contributed by atoms with Gasteiger partial charge in [0, 0.05) is 29.8 Å². The highest BCUT2D eigenvalue weighted by molar-refractivity contribution is 7.07. The van der Waals surface area contributed by atoms with Crippen LogP contribution in [-0.2, 0) is 11.3 Å². The molecule has 0 N–H and O–H groups in total. The Bertz CT molecular complexity index is 992. The maximum absolute atomic E-state index is 5.89. The highest BCUT2D eigenvalue weighted by Crippen LogP contribution is 2.34. The Morgan fingerprint density at radius 1 is 1.29 bits per heavy atom. The molecule has 1 aromatic carbocycles. The molecule has 0 spiro atoms. The Balaban J connectivity index is 1.82. The minimum Gasteiger partial charge on any atom is -0.497 e. The van der Waals surface area contributed by atoms with Crippen LogP contribution >= 0.6 is 11.3 Å². The van der Waals surface area contributed by atoms with Gasteiger partial charge in [-0.15, -0.1) is 11.3 Å². The Morgan fingerprint density at radius 3 is 2.93 bits per heavy atom. The van der Waals surface area contributed by atoms with Crippen molar-refractivity contribution in [3.63, 3.8) is 0 Å². The Hall–Kier alpha value is -2.64. The van der Waals surface area contributed by atoms with Crippen molar-refractivity contribution in [1.82, 2.24) is 9.55 Å². The van der Waals surface area contributed by atoms with Crippen molar-refractivity contribution >= 4 is 17.0 Å². The van der Waals surface area contributed by atoms with Gasteiger partial charge < -0.3 is 18.8 Å². The first-order chi connectivity index (χ1) is 13.8. The van der Waals surface area contributed by atoms with Gasteiger partial charge in [0.2, 0.25) is 0 Å². The lowest BCUT2D eigenvalue weighted by Gasteiger charge is -2.16. The first kappa shape index (κ1) is 18.7. The third-order valence-corrected chi connectivity index (χ3v) is 5.63. The van der Waals surface area contributed by atoms with Crippen LogP contribution in [0.5, 0.6) is 11.5 Å². The predicted molar refractivity (Wildman–Crippen MR) is 109 cm³/mol. The summed E-state index contributed by atoms with van der Waals surface area (Å²) in [6.07, 6.45) is 5.89. The summed E-state index contributed by atoms with van der Waals surface area (Å²) in [5, 5.41) is 2.12.